The highest BCUT2D eigenvalue weighted by molar-refractivity contribution is 5.79. The first-order valence-electron chi connectivity index (χ1n) is 14.2. The van der Waals surface area contributed by atoms with Crippen LogP contribution in [0.5, 0.6) is 11.5 Å². The van der Waals surface area contributed by atoms with Gasteiger partial charge in [-0.1, -0.05) is 60.5 Å². The number of rotatable bonds is 18. The first-order valence-corrected chi connectivity index (χ1v) is 14.2. The molecule has 0 radical (unpaired) electrons. The van der Waals surface area contributed by atoms with Crippen molar-refractivity contribution in [3.05, 3.63) is 23.8 Å². The maximum absolute atomic E-state index is 12.7. The number of hydrogen-bond donors (Lipinski definition) is 1. The molecule has 0 aromatic heterocycles. The zero-order chi connectivity index (χ0) is 30.1. The third kappa shape index (κ3) is 13.3. The normalized spacial score (nSPS) is 13.2. The second-order valence-electron chi connectivity index (χ2n) is 10.4. The molecule has 1 aromatic carbocycles. The third-order valence-electron chi connectivity index (χ3n) is 6.23. The number of hydrogen-bond acceptors (Lipinski definition) is 10. The van der Waals surface area contributed by atoms with Gasteiger partial charge in [-0.15, -0.1) is 0 Å². The summed E-state index contributed by atoms with van der Waals surface area (Å²) in [6, 6.07) is 4.07. The molecule has 0 heterocycles. The van der Waals surface area contributed by atoms with Crippen molar-refractivity contribution >= 4 is 24.1 Å². The van der Waals surface area contributed by atoms with E-state index in [4.69, 9.17) is 23.7 Å². The van der Waals surface area contributed by atoms with E-state index in [2.05, 4.69) is 5.32 Å². The Hall–Kier alpha value is -3.14. The fourth-order valence-electron chi connectivity index (χ4n) is 3.77. The molecule has 0 spiro atoms. The van der Waals surface area contributed by atoms with E-state index < -0.39 is 30.1 Å². The number of methoxy groups -OCH3 is 1. The standard InChI is InChI=1S/C30H47NO9/c1-8-10-21(5)27(32)39-25-13-12-23(19-26(25)40-28(33)22(6)11-9-2)18-24(29(34)36-7)31-15-17-38-30(35)37-16-14-20(3)4/h12-13,19-22,24,31H,8-11,14-18H2,1-7H3/t21?,22?,24-/m0/s1. The summed E-state index contributed by atoms with van der Waals surface area (Å²) < 4.78 is 26.2. The van der Waals surface area contributed by atoms with Gasteiger partial charge in [0.25, 0.3) is 0 Å². The van der Waals surface area contributed by atoms with Crippen LogP contribution in [0.2, 0.25) is 0 Å². The van der Waals surface area contributed by atoms with E-state index in [0.717, 1.165) is 19.3 Å². The predicted octanol–water partition coefficient (Wildman–Crippen LogP) is 5.24. The molecule has 0 amide bonds. The summed E-state index contributed by atoms with van der Waals surface area (Å²) in [6.07, 6.45) is 3.13. The van der Waals surface area contributed by atoms with Gasteiger partial charge in [0.05, 0.1) is 25.6 Å². The summed E-state index contributed by atoms with van der Waals surface area (Å²) in [6.45, 7) is 12.0. The molecule has 1 rings (SSSR count). The first-order chi connectivity index (χ1) is 19.0. The summed E-state index contributed by atoms with van der Waals surface area (Å²) in [5.74, 6) is -1.35. The fourth-order valence-corrected chi connectivity index (χ4v) is 3.77. The second-order valence-corrected chi connectivity index (χ2v) is 10.4. The van der Waals surface area contributed by atoms with E-state index in [9.17, 15) is 19.2 Å². The van der Waals surface area contributed by atoms with Gasteiger partial charge in [0.15, 0.2) is 11.5 Å². The van der Waals surface area contributed by atoms with Crippen LogP contribution in [0.15, 0.2) is 18.2 Å². The van der Waals surface area contributed by atoms with Crippen molar-refractivity contribution in [1.29, 1.82) is 0 Å². The molecule has 1 aromatic rings. The van der Waals surface area contributed by atoms with Gasteiger partial charge in [0.1, 0.15) is 12.6 Å². The van der Waals surface area contributed by atoms with Gasteiger partial charge in [-0.25, -0.2) is 4.79 Å². The quantitative estimate of drug-likeness (QED) is 0.143. The number of carbonyl (C=O) groups is 4. The first kappa shape index (κ1) is 34.9. The number of nitrogens with one attached hydrogen (secondary N) is 1. The van der Waals surface area contributed by atoms with E-state index in [1.807, 2.05) is 27.7 Å². The summed E-state index contributed by atoms with van der Waals surface area (Å²) in [5.41, 5.74) is 0.643. The van der Waals surface area contributed by atoms with Gasteiger partial charge in [-0.05, 0) is 49.3 Å². The van der Waals surface area contributed by atoms with Gasteiger partial charge in [-0.2, -0.15) is 0 Å². The molecule has 0 aliphatic heterocycles. The lowest BCUT2D eigenvalue weighted by Crippen LogP contribution is -2.41. The van der Waals surface area contributed by atoms with Gasteiger partial charge in [0.2, 0.25) is 0 Å². The molecule has 10 nitrogen and oxygen atoms in total. The molecule has 2 unspecified atom stereocenters. The van der Waals surface area contributed by atoms with Crippen LogP contribution in [0.3, 0.4) is 0 Å². The lowest BCUT2D eigenvalue weighted by atomic mass is 10.0. The minimum absolute atomic E-state index is 0.00296. The lowest BCUT2D eigenvalue weighted by Gasteiger charge is -2.19. The van der Waals surface area contributed by atoms with Gasteiger partial charge in [-0.3, -0.25) is 14.4 Å². The summed E-state index contributed by atoms with van der Waals surface area (Å²) in [7, 11) is 1.28. The highest BCUT2D eigenvalue weighted by Gasteiger charge is 2.24. The van der Waals surface area contributed by atoms with E-state index >= 15 is 0 Å². The third-order valence-corrected chi connectivity index (χ3v) is 6.23. The summed E-state index contributed by atoms with van der Waals surface area (Å²) >= 11 is 0. The van der Waals surface area contributed by atoms with Crippen LogP contribution in [-0.2, 0) is 35.0 Å². The molecule has 0 bridgehead atoms. The number of carbonyl (C=O) groups excluding carboxylic acids is 4. The molecule has 0 saturated heterocycles. The molecular weight excluding hydrogens is 518 g/mol. The summed E-state index contributed by atoms with van der Waals surface area (Å²) in [5, 5.41) is 3.02. The van der Waals surface area contributed by atoms with Gasteiger partial charge in [0, 0.05) is 6.54 Å². The van der Waals surface area contributed by atoms with Crippen molar-refractivity contribution in [3.8, 4) is 11.5 Å². The van der Waals surface area contributed by atoms with Crippen LogP contribution in [0.1, 0.15) is 79.2 Å². The van der Waals surface area contributed by atoms with Crippen molar-refractivity contribution in [3.63, 3.8) is 0 Å². The molecule has 0 aliphatic carbocycles. The largest absolute Gasteiger partial charge is 0.508 e. The van der Waals surface area contributed by atoms with Crippen LogP contribution < -0.4 is 14.8 Å². The van der Waals surface area contributed by atoms with Crippen LogP contribution in [0.25, 0.3) is 0 Å². The Kier molecular flexibility index (Phi) is 16.6. The highest BCUT2D eigenvalue weighted by atomic mass is 16.7. The van der Waals surface area contributed by atoms with Crippen LogP contribution in [0.4, 0.5) is 4.79 Å². The molecule has 40 heavy (non-hydrogen) atoms. The number of ether oxygens (including phenoxy) is 5. The van der Waals surface area contributed by atoms with Gasteiger partial charge < -0.3 is 29.0 Å². The zero-order valence-electron chi connectivity index (χ0n) is 25.1. The Balaban J connectivity index is 2.97. The molecule has 0 fully saturated rings. The monoisotopic (exact) mass is 565 g/mol. The van der Waals surface area contributed by atoms with Crippen molar-refractivity contribution < 1.29 is 42.9 Å². The fraction of sp³-hybridized carbons (Fsp3) is 0.667. The molecule has 10 heteroatoms. The molecule has 0 saturated carbocycles. The van der Waals surface area contributed by atoms with Crippen molar-refractivity contribution in [2.45, 2.75) is 86.1 Å². The maximum atomic E-state index is 12.7. The minimum Gasteiger partial charge on any atom is -0.468 e. The molecule has 1 N–H and O–H groups in total. The highest BCUT2D eigenvalue weighted by Crippen LogP contribution is 2.31. The van der Waals surface area contributed by atoms with Crippen LogP contribution in [-0.4, -0.2) is 57.0 Å². The second kappa shape index (κ2) is 19.0. The van der Waals surface area contributed by atoms with E-state index in [-0.39, 0.29) is 49.5 Å². The zero-order valence-corrected chi connectivity index (χ0v) is 25.1. The predicted molar refractivity (Wildman–Crippen MR) is 150 cm³/mol. The van der Waals surface area contributed by atoms with E-state index in [0.29, 0.717) is 24.3 Å². The topological polar surface area (TPSA) is 126 Å². The van der Waals surface area contributed by atoms with Crippen molar-refractivity contribution in [2.24, 2.45) is 17.8 Å². The Morgan fingerprint density at radius 2 is 1.35 bits per heavy atom. The summed E-state index contributed by atoms with van der Waals surface area (Å²) in [4.78, 5) is 49.4. The number of benzene rings is 1. The Labute approximate surface area is 238 Å². The molecular formula is C30H47NO9. The average Bonchev–Trinajstić information content (AvgIpc) is 2.91. The van der Waals surface area contributed by atoms with Gasteiger partial charge >= 0.3 is 24.1 Å². The van der Waals surface area contributed by atoms with E-state index in [1.54, 1.807) is 32.0 Å². The maximum Gasteiger partial charge on any atom is 0.508 e. The minimum atomic E-state index is -0.772. The number of esters is 3. The Morgan fingerprint density at radius 3 is 1.90 bits per heavy atom. The van der Waals surface area contributed by atoms with Crippen LogP contribution >= 0.6 is 0 Å². The average molecular weight is 566 g/mol. The van der Waals surface area contributed by atoms with E-state index in [1.165, 1.54) is 7.11 Å². The molecule has 3 atom stereocenters. The SMILES string of the molecule is CCCC(C)C(=O)Oc1ccc(C[C@H](NCCOC(=O)OCCC(C)C)C(=O)OC)cc1OC(=O)C(C)CCC. The smallest absolute Gasteiger partial charge is 0.468 e. The molecule has 226 valence electrons. The molecule has 0 aliphatic rings. The Morgan fingerprint density at radius 1 is 0.775 bits per heavy atom. The van der Waals surface area contributed by atoms with Crippen LogP contribution in [0, 0.1) is 17.8 Å². The lowest BCUT2D eigenvalue weighted by molar-refractivity contribution is -0.143. The van der Waals surface area contributed by atoms with Crippen molar-refractivity contribution in [2.75, 3.05) is 26.9 Å². The van der Waals surface area contributed by atoms with Crippen molar-refractivity contribution in [1.82, 2.24) is 5.32 Å². The Bertz CT molecular complexity index is 947.